The Balaban J connectivity index is 3.28. The lowest BCUT2D eigenvalue weighted by Gasteiger charge is -2.06. The summed E-state index contributed by atoms with van der Waals surface area (Å²) in [4.78, 5) is 23.6. The van der Waals surface area contributed by atoms with E-state index in [1.54, 1.807) is 0 Å². The fourth-order valence-electron chi connectivity index (χ4n) is 4.43. The van der Waals surface area contributed by atoms with Crippen LogP contribution in [0.25, 0.3) is 0 Å². The lowest BCUT2D eigenvalue weighted by atomic mass is 10.0. The maximum atomic E-state index is 11.8. The van der Waals surface area contributed by atoms with Crippen LogP contribution >= 0.6 is 0 Å². The van der Waals surface area contributed by atoms with Crippen LogP contribution in [-0.2, 0) is 19.1 Å². The Hall–Kier alpha value is -1.06. The zero-order valence-corrected chi connectivity index (χ0v) is 23.7. The van der Waals surface area contributed by atoms with Crippen LogP contribution in [0.2, 0.25) is 0 Å². The summed E-state index contributed by atoms with van der Waals surface area (Å²) in [5, 5.41) is 0. The van der Waals surface area contributed by atoms with Crippen LogP contribution in [0.5, 0.6) is 0 Å². The van der Waals surface area contributed by atoms with Crippen molar-refractivity contribution in [1.29, 1.82) is 0 Å². The topological polar surface area (TPSA) is 52.6 Å². The van der Waals surface area contributed by atoms with Crippen LogP contribution < -0.4 is 0 Å². The van der Waals surface area contributed by atoms with Crippen molar-refractivity contribution in [3.8, 4) is 0 Å². The normalized spacial score (nSPS) is 11.0. The molecule has 0 radical (unpaired) electrons. The number of ether oxygens (including phenoxy) is 2. The standard InChI is InChI=1S/C31H60O4/c1-3-5-7-9-11-13-14-15-16-18-20-22-24-29-35-31(33)27-25-26-30(32)34-28-23-21-19-17-12-10-8-6-4-2/h3-29H2,1-2H3. The van der Waals surface area contributed by atoms with Crippen molar-refractivity contribution in [3.63, 3.8) is 0 Å². The van der Waals surface area contributed by atoms with Gasteiger partial charge in [0.1, 0.15) is 0 Å². The molecule has 4 heteroatoms. The fourth-order valence-corrected chi connectivity index (χ4v) is 4.43. The molecule has 35 heavy (non-hydrogen) atoms. The van der Waals surface area contributed by atoms with Crippen LogP contribution in [0.1, 0.15) is 174 Å². The Bertz CT molecular complexity index is 449. The SMILES string of the molecule is CCCCCCCCCCCCCCCOC(=O)CCCC(=O)OCCCCCCCCCCC. The van der Waals surface area contributed by atoms with E-state index in [0.29, 0.717) is 32.5 Å². The third-order valence-electron chi connectivity index (χ3n) is 6.78. The predicted octanol–water partition coefficient (Wildman–Crippen LogP) is 9.87. The second-order valence-electron chi connectivity index (χ2n) is 10.4. The minimum Gasteiger partial charge on any atom is -0.466 e. The molecule has 208 valence electrons. The van der Waals surface area contributed by atoms with Gasteiger partial charge in [0.25, 0.3) is 0 Å². The molecule has 0 aliphatic rings. The number of unbranched alkanes of at least 4 members (excludes halogenated alkanes) is 20. The van der Waals surface area contributed by atoms with Crippen molar-refractivity contribution in [2.45, 2.75) is 174 Å². The average Bonchev–Trinajstić information content (AvgIpc) is 2.85. The van der Waals surface area contributed by atoms with Crippen molar-refractivity contribution in [2.24, 2.45) is 0 Å². The lowest BCUT2D eigenvalue weighted by Crippen LogP contribution is -2.09. The summed E-state index contributed by atoms with van der Waals surface area (Å²) in [7, 11) is 0. The first kappa shape index (κ1) is 33.9. The molecule has 0 aliphatic heterocycles. The molecule has 0 atom stereocenters. The quantitative estimate of drug-likeness (QED) is 0.0798. The smallest absolute Gasteiger partial charge is 0.305 e. The van der Waals surface area contributed by atoms with Crippen molar-refractivity contribution < 1.29 is 19.1 Å². The lowest BCUT2D eigenvalue weighted by molar-refractivity contribution is -0.145. The van der Waals surface area contributed by atoms with E-state index < -0.39 is 0 Å². The summed E-state index contributed by atoms with van der Waals surface area (Å²) < 4.78 is 10.6. The zero-order valence-electron chi connectivity index (χ0n) is 23.7. The Labute approximate surface area is 218 Å². The predicted molar refractivity (Wildman–Crippen MR) is 149 cm³/mol. The molecule has 0 rings (SSSR count). The Morgan fingerprint density at radius 2 is 0.629 bits per heavy atom. The molecule has 0 saturated heterocycles. The summed E-state index contributed by atoms with van der Waals surface area (Å²) in [5.74, 6) is -0.371. The van der Waals surface area contributed by atoms with Crippen LogP contribution in [0.15, 0.2) is 0 Å². The first-order chi connectivity index (χ1) is 17.2. The first-order valence-electron chi connectivity index (χ1n) is 15.5. The van der Waals surface area contributed by atoms with Crippen LogP contribution in [0.3, 0.4) is 0 Å². The van der Waals surface area contributed by atoms with Gasteiger partial charge >= 0.3 is 11.9 Å². The van der Waals surface area contributed by atoms with E-state index in [-0.39, 0.29) is 11.9 Å². The molecule has 0 aromatic rings. The highest BCUT2D eigenvalue weighted by Gasteiger charge is 2.07. The number of carbonyl (C=O) groups is 2. The molecule has 0 unspecified atom stereocenters. The molecular formula is C31H60O4. The largest absolute Gasteiger partial charge is 0.466 e. The molecule has 0 spiro atoms. The summed E-state index contributed by atoms with van der Waals surface area (Å²) in [6.45, 7) is 5.54. The molecule has 0 aromatic heterocycles. The number of rotatable bonds is 28. The number of hydrogen-bond acceptors (Lipinski definition) is 4. The summed E-state index contributed by atoms with van der Waals surface area (Å²) >= 11 is 0. The van der Waals surface area contributed by atoms with E-state index in [4.69, 9.17) is 9.47 Å². The van der Waals surface area contributed by atoms with Gasteiger partial charge in [-0.2, -0.15) is 0 Å². The monoisotopic (exact) mass is 496 g/mol. The molecule has 0 N–H and O–H groups in total. The molecule has 0 aromatic carbocycles. The van der Waals surface area contributed by atoms with Gasteiger partial charge < -0.3 is 9.47 Å². The highest BCUT2D eigenvalue weighted by Crippen LogP contribution is 2.13. The fraction of sp³-hybridized carbons (Fsp3) is 0.935. The summed E-state index contributed by atoms with van der Waals surface area (Å²) in [6, 6.07) is 0. The molecule has 0 heterocycles. The average molecular weight is 497 g/mol. The van der Waals surface area contributed by atoms with Crippen LogP contribution in [0, 0.1) is 0 Å². The number of carbonyl (C=O) groups excluding carboxylic acids is 2. The van der Waals surface area contributed by atoms with Crippen LogP contribution in [-0.4, -0.2) is 25.2 Å². The van der Waals surface area contributed by atoms with Gasteiger partial charge in [0, 0.05) is 12.8 Å². The van der Waals surface area contributed by atoms with Gasteiger partial charge in [-0.1, -0.05) is 142 Å². The van der Waals surface area contributed by atoms with Crippen molar-refractivity contribution >= 4 is 11.9 Å². The molecule has 0 fully saturated rings. The van der Waals surface area contributed by atoms with Crippen molar-refractivity contribution in [1.82, 2.24) is 0 Å². The Morgan fingerprint density at radius 3 is 0.914 bits per heavy atom. The van der Waals surface area contributed by atoms with Crippen LogP contribution in [0.4, 0.5) is 0 Å². The maximum Gasteiger partial charge on any atom is 0.305 e. The Kier molecular flexibility index (Phi) is 28.3. The van der Waals surface area contributed by atoms with Gasteiger partial charge in [-0.3, -0.25) is 9.59 Å². The van der Waals surface area contributed by atoms with E-state index in [2.05, 4.69) is 13.8 Å². The second kappa shape index (κ2) is 29.2. The van der Waals surface area contributed by atoms with Gasteiger partial charge in [0.15, 0.2) is 0 Å². The van der Waals surface area contributed by atoms with Gasteiger partial charge in [0.05, 0.1) is 13.2 Å². The van der Waals surface area contributed by atoms with Gasteiger partial charge in [-0.15, -0.1) is 0 Å². The number of esters is 2. The van der Waals surface area contributed by atoms with Gasteiger partial charge in [-0.05, 0) is 19.3 Å². The van der Waals surface area contributed by atoms with E-state index in [1.807, 2.05) is 0 Å². The maximum absolute atomic E-state index is 11.8. The summed E-state index contributed by atoms with van der Waals surface area (Å²) in [5.41, 5.74) is 0. The molecule has 4 nitrogen and oxygen atoms in total. The molecule has 0 bridgehead atoms. The van der Waals surface area contributed by atoms with E-state index >= 15 is 0 Å². The van der Waals surface area contributed by atoms with Gasteiger partial charge in [-0.25, -0.2) is 0 Å². The van der Waals surface area contributed by atoms with Crippen molar-refractivity contribution in [3.05, 3.63) is 0 Å². The minimum absolute atomic E-state index is 0.185. The minimum atomic E-state index is -0.186. The molecule has 0 amide bonds. The Morgan fingerprint density at radius 1 is 0.371 bits per heavy atom. The van der Waals surface area contributed by atoms with E-state index in [1.165, 1.54) is 116 Å². The van der Waals surface area contributed by atoms with E-state index in [9.17, 15) is 9.59 Å². The number of hydrogen-bond donors (Lipinski definition) is 0. The third-order valence-corrected chi connectivity index (χ3v) is 6.78. The van der Waals surface area contributed by atoms with Crippen molar-refractivity contribution in [2.75, 3.05) is 13.2 Å². The third kappa shape index (κ3) is 29.1. The molecule has 0 aliphatic carbocycles. The zero-order chi connectivity index (χ0) is 25.7. The molecule has 0 saturated carbocycles. The van der Waals surface area contributed by atoms with Gasteiger partial charge in [0.2, 0.25) is 0 Å². The molecular weight excluding hydrogens is 436 g/mol. The highest BCUT2D eigenvalue weighted by atomic mass is 16.5. The second-order valence-corrected chi connectivity index (χ2v) is 10.4. The summed E-state index contributed by atoms with van der Waals surface area (Å²) in [6.07, 6.45) is 29.5. The van der Waals surface area contributed by atoms with E-state index in [0.717, 1.165) is 25.7 Å². The highest BCUT2D eigenvalue weighted by molar-refractivity contribution is 5.72. The first-order valence-corrected chi connectivity index (χ1v) is 15.5.